The second-order valence-electron chi connectivity index (χ2n) is 6.31. The van der Waals surface area contributed by atoms with Crippen molar-refractivity contribution in [3.63, 3.8) is 0 Å². The van der Waals surface area contributed by atoms with Crippen LogP contribution in [0.15, 0.2) is 78.9 Å². The first kappa shape index (κ1) is 14.2. The summed E-state index contributed by atoms with van der Waals surface area (Å²) in [5.41, 5.74) is 6.97. The summed E-state index contributed by atoms with van der Waals surface area (Å²) in [6, 6.07) is 28.8. The fourth-order valence-corrected chi connectivity index (χ4v) is 3.59. The van der Waals surface area contributed by atoms with Gasteiger partial charge in [-0.3, -0.25) is 4.90 Å². The van der Waals surface area contributed by atoms with Crippen LogP contribution in [-0.2, 0) is 13.1 Å². The fourth-order valence-electron chi connectivity index (χ4n) is 3.59. The van der Waals surface area contributed by atoms with E-state index in [0.29, 0.717) is 6.04 Å². The molecule has 4 rings (SSSR count). The molecule has 0 spiro atoms. The Kier molecular flexibility index (Phi) is 3.72. The highest BCUT2D eigenvalue weighted by Crippen LogP contribution is 2.38. The van der Waals surface area contributed by atoms with E-state index in [2.05, 4.69) is 90.7 Å². The van der Waals surface area contributed by atoms with Gasteiger partial charge in [0.15, 0.2) is 0 Å². The molecule has 0 N–H and O–H groups in total. The van der Waals surface area contributed by atoms with Gasteiger partial charge in [0.1, 0.15) is 0 Å². The van der Waals surface area contributed by atoms with Gasteiger partial charge in [-0.1, -0.05) is 78.9 Å². The van der Waals surface area contributed by atoms with E-state index in [0.717, 1.165) is 13.1 Å². The highest BCUT2D eigenvalue weighted by molar-refractivity contribution is 5.72. The molecule has 23 heavy (non-hydrogen) atoms. The first-order chi connectivity index (χ1) is 11.3. The van der Waals surface area contributed by atoms with Crippen molar-refractivity contribution in [3.8, 4) is 11.1 Å². The van der Waals surface area contributed by atoms with Crippen molar-refractivity contribution in [3.05, 3.63) is 95.6 Å². The molecule has 1 nitrogen and oxygen atoms in total. The zero-order chi connectivity index (χ0) is 15.6. The monoisotopic (exact) mass is 299 g/mol. The Balaban J connectivity index is 1.79. The molecule has 0 aliphatic carbocycles. The summed E-state index contributed by atoms with van der Waals surface area (Å²) in [7, 11) is 0. The predicted molar refractivity (Wildman–Crippen MR) is 96.0 cm³/mol. The third-order valence-corrected chi connectivity index (χ3v) is 4.87. The lowest BCUT2D eigenvalue weighted by molar-refractivity contribution is 0.195. The molecule has 0 fully saturated rings. The second-order valence-corrected chi connectivity index (χ2v) is 6.31. The van der Waals surface area contributed by atoms with Crippen molar-refractivity contribution in [2.75, 3.05) is 0 Å². The van der Waals surface area contributed by atoms with Gasteiger partial charge in [-0.2, -0.15) is 0 Å². The second kappa shape index (κ2) is 6.02. The van der Waals surface area contributed by atoms with Gasteiger partial charge in [0.2, 0.25) is 0 Å². The van der Waals surface area contributed by atoms with Crippen LogP contribution in [0, 0.1) is 0 Å². The number of rotatable bonds is 2. The number of hydrogen-bond donors (Lipinski definition) is 0. The molecule has 0 amide bonds. The molecule has 1 atom stereocenters. The lowest BCUT2D eigenvalue weighted by atomic mass is 9.94. The van der Waals surface area contributed by atoms with Gasteiger partial charge in [-0.15, -0.1) is 0 Å². The van der Waals surface area contributed by atoms with Gasteiger partial charge in [0, 0.05) is 19.1 Å². The summed E-state index contributed by atoms with van der Waals surface area (Å²) in [5, 5.41) is 0. The Hall–Kier alpha value is -2.38. The Morgan fingerprint density at radius 2 is 1.43 bits per heavy atom. The lowest BCUT2D eigenvalue weighted by Crippen LogP contribution is -2.25. The van der Waals surface area contributed by atoms with Crippen LogP contribution >= 0.6 is 0 Å². The Morgan fingerprint density at radius 3 is 2.26 bits per heavy atom. The molecule has 0 bridgehead atoms. The minimum atomic E-state index is 0.402. The minimum Gasteiger partial charge on any atom is -0.288 e. The zero-order valence-electron chi connectivity index (χ0n) is 13.4. The standard InChI is InChI=1S/C22H21N/c1-17-20-12-7-8-14-22(20)21-13-6-5-11-19(21)16-23(17)15-18-9-3-2-4-10-18/h2-14,17H,15-16H2,1H3. The third kappa shape index (κ3) is 2.69. The maximum atomic E-state index is 2.57. The molecule has 1 aliphatic heterocycles. The number of fused-ring (bicyclic) bond motifs is 3. The van der Waals surface area contributed by atoms with Crippen LogP contribution in [0.4, 0.5) is 0 Å². The van der Waals surface area contributed by atoms with E-state index in [1.54, 1.807) is 0 Å². The van der Waals surface area contributed by atoms with Crippen LogP contribution < -0.4 is 0 Å². The molecule has 0 saturated carbocycles. The van der Waals surface area contributed by atoms with Crippen molar-refractivity contribution in [2.24, 2.45) is 0 Å². The van der Waals surface area contributed by atoms with E-state index in [4.69, 9.17) is 0 Å². The Morgan fingerprint density at radius 1 is 0.783 bits per heavy atom. The highest BCUT2D eigenvalue weighted by Gasteiger charge is 2.24. The molecule has 0 radical (unpaired) electrons. The maximum Gasteiger partial charge on any atom is 0.0333 e. The van der Waals surface area contributed by atoms with Gasteiger partial charge >= 0.3 is 0 Å². The SMILES string of the molecule is CC1c2ccccc2-c2ccccc2CN1Cc1ccccc1. The summed E-state index contributed by atoms with van der Waals surface area (Å²) in [6.07, 6.45) is 0. The Labute approximate surface area is 138 Å². The van der Waals surface area contributed by atoms with Gasteiger partial charge < -0.3 is 0 Å². The quantitative estimate of drug-likeness (QED) is 0.610. The molecule has 1 heteroatoms. The first-order valence-corrected chi connectivity index (χ1v) is 8.28. The molecule has 0 aromatic heterocycles. The van der Waals surface area contributed by atoms with Crippen LogP contribution in [0.5, 0.6) is 0 Å². The Bertz CT molecular complexity index is 807. The van der Waals surface area contributed by atoms with Crippen LogP contribution in [0.2, 0.25) is 0 Å². The third-order valence-electron chi connectivity index (χ3n) is 4.87. The van der Waals surface area contributed by atoms with E-state index in [9.17, 15) is 0 Å². The molecule has 0 saturated heterocycles. The van der Waals surface area contributed by atoms with Gasteiger partial charge in [-0.05, 0) is 34.7 Å². The van der Waals surface area contributed by atoms with Crippen molar-refractivity contribution in [2.45, 2.75) is 26.1 Å². The molecule has 1 unspecified atom stereocenters. The summed E-state index contributed by atoms with van der Waals surface area (Å²) in [5.74, 6) is 0. The van der Waals surface area contributed by atoms with E-state index in [-0.39, 0.29) is 0 Å². The molecule has 1 heterocycles. The van der Waals surface area contributed by atoms with Crippen LogP contribution in [-0.4, -0.2) is 4.90 Å². The maximum absolute atomic E-state index is 2.57. The summed E-state index contributed by atoms with van der Waals surface area (Å²) in [6.45, 7) is 4.29. The van der Waals surface area contributed by atoms with E-state index >= 15 is 0 Å². The topological polar surface area (TPSA) is 3.24 Å². The molecular weight excluding hydrogens is 278 g/mol. The fraction of sp³-hybridized carbons (Fsp3) is 0.182. The van der Waals surface area contributed by atoms with E-state index in [1.807, 2.05) is 0 Å². The number of hydrogen-bond acceptors (Lipinski definition) is 1. The molecule has 3 aromatic rings. The van der Waals surface area contributed by atoms with Gasteiger partial charge in [0.25, 0.3) is 0 Å². The average Bonchev–Trinajstić information content (AvgIpc) is 2.72. The van der Waals surface area contributed by atoms with Crippen molar-refractivity contribution < 1.29 is 0 Å². The van der Waals surface area contributed by atoms with E-state index in [1.165, 1.54) is 27.8 Å². The van der Waals surface area contributed by atoms with Crippen LogP contribution in [0.1, 0.15) is 29.7 Å². The summed E-state index contributed by atoms with van der Waals surface area (Å²) in [4.78, 5) is 2.57. The summed E-state index contributed by atoms with van der Waals surface area (Å²) < 4.78 is 0. The molecular formula is C22H21N. The zero-order valence-corrected chi connectivity index (χ0v) is 13.4. The van der Waals surface area contributed by atoms with Crippen LogP contribution in [0.3, 0.4) is 0 Å². The van der Waals surface area contributed by atoms with Gasteiger partial charge in [-0.25, -0.2) is 0 Å². The normalized spacial score (nSPS) is 17.2. The average molecular weight is 299 g/mol. The van der Waals surface area contributed by atoms with Crippen molar-refractivity contribution >= 4 is 0 Å². The largest absolute Gasteiger partial charge is 0.288 e. The van der Waals surface area contributed by atoms with Crippen molar-refractivity contribution in [1.82, 2.24) is 4.90 Å². The van der Waals surface area contributed by atoms with Crippen LogP contribution in [0.25, 0.3) is 11.1 Å². The van der Waals surface area contributed by atoms with Gasteiger partial charge in [0.05, 0.1) is 0 Å². The molecule has 3 aromatic carbocycles. The molecule has 114 valence electrons. The highest BCUT2D eigenvalue weighted by atomic mass is 15.1. The van der Waals surface area contributed by atoms with E-state index < -0.39 is 0 Å². The summed E-state index contributed by atoms with van der Waals surface area (Å²) >= 11 is 0. The minimum absolute atomic E-state index is 0.402. The first-order valence-electron chi connectivity index (χ1n) is 8.28. The smallest absolute Gasteiger partial charge is 0.0333 e. The number of benzene rings is 3. The van der Waals surface area contributed by atoms with Crippen molar-refractivity contribution in [1.29, 1.82) is 0 Å². The molecule has 1 aliphatic rings. The predicted octanol–water partition coefficient (Wildman–Crippen LogP) is 5.43. The lowest BCUT2D eigenvalue weighted by Gasteiger charge is -2.28. The number of nitrogens with zero attached hydrogens (tertiary/aromatic N) is 1.